The van der Waals surface area contributed by atoms with Gasteiger partial charge in [-0.1, -0.05) is 116 Å². The molecule has 0 saturated carbocycles. The van der Waals surface area contributed by atoms with Gasteiger partial charge >= 0.3 is 6.16 Å². The molecule has 1 atom stereocenters. The molecule has 0 bridgehead atoms. The Morgan fingerprint density at radius 1 is 0.444 bits per heavy atom. The number of carbonyl (C=O) groups is 1. The summed E-state index contributed by atoms with van der Waals surface area (Å²) in [5.41, 5.74) is 13.5. The second kappa shape index (κ2) is 18.2. The third kappa shape index (κ3) is 9.91. The van der Waals surface area contributed by atoms with Crippen molar-refractivity contribution >= 4 is 16.9 Å². The molecule has 0 amide bonds. The fourth-order valence-electron chi connectivity index (χ4n) is 9.12. The molecule has 1 unspecified atom stereocenters. The number of ether oxygens (including phenoxy) is 2. The molecule has 6 nitrogen and oxygen atoms in total. The van der Waals surface area contributed by atoms with Gasteiger partial charge in [0.15, 0.2) is 0 Å². The number of phenols is 3. The first-order chi connectivity index (χ1) is 29.4. The van der Waals surface area contributed by atoms with Crippen LogP contribution in [0.2, 0.25) is 0 Å². The number of aromatic hydroxyl groups is 3. The summed E-state index contributed by atoms with van der Waals surface area (Å²) in [4.78, 5) is 13.0. The number of benzene rings is 6. The van der Waals surface area contributed by atoms with Crippen LogP contribution in [0.4, 0.5) is 4.79 Å². The largest absolute Gasteiger partial charge is 0.514 e. The van der Waals surface area contributed by atoms with Crippen molar-refractivity contribution in [3.63, 3.8) is 0 Å². The lowest BCUT2D eigenvalue weighted by molar-refractivity contribution is 0.0203. The van der Waals surface area contributed by atoms with Gasteiger partial charge in [-0.05, 0) is 185 Å². The quantitative estimate of drug-likeness (QED) is 0.0683. The zero-order chi connectivity index (χ0) is 46.4. The molecule has 0 radical (unpaired) electrons. The van der Waals surface area contributed by atoms with E-state index in [1.807, 2.05) is 45.0 Å². The predicted octanol–water partition coefficient (Wildman–Crippen LogP) is 15.4. The SMILES string of the molecule is Cc1cc(O)c(C(C)C)cc1C(c1ccc2cc(C(c3cc(C(C)C)c(O)cc3C)c3cc(C(C)C)c(OC(=O)OC(C)(C)C)cc3C)ccc2c1)c1cc(C(C)C)c(O)cc1C. The topological polar surface area (TPSA) is 96.2 Å². The van der Waals surface area contributed by atoms with Gasteiger partial charge in [0.05, 0.1) is 0 Å². The van der Waals surface area contributed by atoms with E-state index in [-0.39, 0.29) is 35.5 Å². The Kier molecular flexibility index (Phi) is 13.5. The Morgan fingerprint density at radius 2 is 0.762 bits per heavy atom. The van der Waals surface area contributed by atoms with Crippen molar-refractivity contribution in [2.24, 2.45) is 0 Å². The van der Waals surface area contributed by atoms with Crippen LogP contribution in [0, 0.1) is 27.7 Å². The highest BCUT2D eigenvalue weighted by Crippen LogP contribution is 2.45. The van der Waals surface area contributed by atoms with Crippen LogP contribution in [0.1, 0.15) is 190 Å². The Hall–Kier alpha value is -5.75. The van der Waals surface area contributed by atoms with E-state index >= 15 is 0 Å². The van der Waals surface area contributed by atoms with Crippen molar-refractivity contribution < 1.29 is 29.6 Å². The van der Waals surface area contributed by atoms with Gasteiger partial charge in [0.1, 0.15) is 28.6 Å². The number of aryl methyl sites for hydroxylation is 4. The van der Waals surface area contributed by atoms with Crippen molar-refractivity contribution in [3.8, 4) is 23.0 Å². The van der Waals surface area contributed by atoms with Crippen LogP contribution in [0.5, 0.6) is 23.0 Å². The van der Waals surface area contributed by atoms with Crippen molar-refractivity contribution in [2.45, 2.75) is 145 Å². The molecule has 0 aliphatic carbocycles. The standard InChI is InChI=1S/C57H68O6/c1-30(2)42-26-46(34(9)20-50(42)58)54(47-27-43(31(3)4)51(59)21-35(47)10)40-18-16-39-25-41(19-17-38(39)24-40)55(48-28-44(32(5)6)52(60)22-36(48)11)49-29-45(33(7)8)53(23-37(49)12)62-56(61)63-57(13,14)15/h16-33,54-55,58-60H,1-15H3. The van der Waals surface area contributed by atoms with Crippen molar-refractivity contribution in [1.82, 2.24) is 0 Å². The summed E-state index contributed by atoms with van der Waals surface area (Å²) < 4.78 is 11.4. The lowest BCUT2D eigenvalue weighted by Crippen LogP contribution is -2.26. The minimum Gasteiger partial charge on any atom is -0.508 e. The Morgan fingerprint density at radius 3 is 1.08 bits per heavy atom. The monoisotopic (exact) mass is 849 g/mol. The Labute approximate surface area is 376 Å². The van der Waals surface area contributed by atoms with Crippen LogP contribution < -0.4 is 4.74 Å². The van der Waals surface area contributed by atoms with E-state index in [0.29, 0.717) is 23.0 Å². The molecule has 6 aromatic rings. The predicted molar refractivity (Wildman–Crippen MR) is 259 cm³/mol. The third-order valence-corrected chi connectivity index (χ3v) is 12.5. The third-order valence-electron chi connectivity index (χ3n) is 12.5. The lowest BCUT2D eigenvalue weighted by atomic mass is 9.77. The minimum atomic E-state index is -0.734. The summed E-state index contributed by atoms with van der Waals surface area (Å²) in [7, 11) is 0. The molecule has 0 spiro atoms. The van der Waals surface area contributed by atoms with Crippen LogP contribution in [-0.2, 0) is 4.74 Å². The van der Waals surface area contributed by atoms with Crippen LogP contribution in [0.3, 0.4) is 0 Å². The molecule has 0 aliphatic heterocycles. The van der Waals surface area contributed by atoms with Crippen LogP contribution in [0.15, 0.2) is 84.9 Å². The van der Waals surface area contributed by atoms with E-state index in [1.165, 1.54) is 0 Å². The summed E-state index contributed by atoms with van der Waals surface area (Å²) in [6, 6.07) is 29.7. The Balaban J connectivity index is 1.57. The number of rotatable bonds is 11. The molecule has 0 saturated heterocycles. The van der Waals surface area contributed by atoms with E-state index in [0.717, 1.165) is 88.7 Å². The molecule has 6 heteroatoms. The Bertz CT molecular complexity index is 2610. The van der Waals surface area contributed by atoms with E-state index in [4.69, 9.17) is 9.47 Å². The van der Waals surface area contributed by atoms with E-state index in [9.17, 15) is 20.1 Å². The second-order valence-corrected chi connectivity index (χ2v) is 20.0. The summed E-state index contributed by atoms with van der Waals surface area (Å²) in [5.74, 6) is 1.42. The molecule has 332 valence electrons. The van der Waals surface area contributed by atoms with E-state index in [1.54, 1.807) is 0 Å². The van der Waals surface area contributed by atoms with Gasteiger partial charge in [0.2, 0.25) is 0 Å². The summed E-state index contributed by atoms with van der Waals surface area (Å²) in [6.45, 7) is 30.5. The molecular formula is C57H68O6. The molecule has 0 aliphatic rings. The number of fused-ring (bicyclic) bond motifs is 1. The maximum Gasteiger partial charge on any atom is 0.514 e. The summed E-state index contributed by atoms with van der Waals surface area (Å²) in [5, 5.41) is 35.4. The summed E-state index contributed by atoms with van der Waals surface area (Å²) in [6.07, 6.45) is -0.734. The van der Waals surface area contributed by atoms with Crippen molar-refractivity contribution in [2.75, 3.05) is 0 Å². The highest BCUT2D eigenvalue weighted by atomic mass is 16.7. The van der Waals surface area contributed by atoms with E-state index < -0.39 is 11.8 Å². The van der Waals surface area contributed by atoms with Gasteiger partial charge in [-0.25, -0.2) is 4.79 Å². The molecule has 0 fully saturated rings. The van der Waals surface area contributed by atoms with Gasteiger partial charge in [-0.2, -0.15) is 0 Å². The highest BCUT2D eigenvalue weighted by Gasteiger charge is 2.29. The van der Waals surface area contributed by atoms with Crippen LogP contribution in [-0.4, -0.2) is 27.1 Å². The van der Waals surface area contributed by atoms with Gasteiger partial charge in [0, 0.05) is 11.8 Å². The summed E-state index contributed by atoms with van der Waals surface area (Å²) >= 11 is 0. The highest BCUT2D eigenvalue weighted by molar-refractivity contribution is 5.85. The number of phenolic OH excluding ortho intramolecular Hbond substituents is 3. The molecule has 6 rings (SSSR count). The average molecular weight is 849 g/mol. The smallest absolute Gasteiger partial charge is 0.508 e. The van der Waals surface area contributed by atoms with Crippen LogP contribution >= 0.6 is 0 Å². The molecule has 6 aromatic carbocycles. The van der Waals surface area contributed by atoms with E-state index in [2.05, 4.69) is 144 Å². The first kappa shape index (κ1) is 46.7. The second-order valence-electron chi connectivity index (χ2n) is 20.0. The minimum absolute atomic E-state index is 0.0419. The van der Waals surface area contributed by atoms with Gasteiger partial charge in [-0.15, -0.1) is 0 Å². The van der Waals surface area contributed by atoms with Gasteiger partial charge in [-0.3, -0.25) is 0 Å². The van der Waals surface area contributed by atoms with Crippen molar-refractivity contribution in [3.05, 3.63) is 163 Å². The molecular weight excluding hydrogens is 781 g/mol. The first-order valence-corrected chi connectivity index (χ1v) is 22.5. The molecule has 63 heavy (non-hydrogen) atoms. The molecule has 0 aromatic heterocycles. The average Bonchev–Trinajstić information content (AvgIpc) is 3.16. The fraction of sp³-hybridized carbons (Fsp3) is 0.386. The number of hydrogen-bond donors (Lipinski definition) is 3. The van der Waals surface area contributed by atoms with Gasteiger partial charge < -0.3 is 24.8 Å². The maximum atomic E-state index is 13.0. The normalized spacial score (nSPS) is 12.6. The van der Waals surface area contributed by atoms with Crippen molar-refractivity contribution in [1.29, 1.82) is 0 Å². The zero-order valence-corrected chi connectivity index (χ0v) is 40.1. The lowest BCUT2D eigenvalue weighted by Gasteiger charge is -2.27. The van der Waals surface area contributed by atoms with Crippen LogP contribution in [0.25, 0.3) is 10.8 Å². The zero-order valence-electron chi connectivity index (χ0n) is 40.1. The first-order valence-electron chi connectivity index (χ1n) is 22.5. The molecule has 3 N–H and O–H groups in total. The van der Waals surface area contributed by atoms with Gasteiger partial charge in [0.25, 0.3) is 0 Å². The fourth-order valence-corrected chi connectivity index (χ4v) is 9.12. The maximum absolute atomic E-state index is 13.0. The number of carbonyl (C=O) groups excluding carboxylic acids is 1. The molecule has 0 heterocycles. The number of hydrogen-bond acceptors (Lipinski definition) is 6.